The fraction of sp³-hybridized carbons (Fsp3) is 0.684. The van der Waals surface area contributed by atoms with E-state index in [2.05, 4.69) is 42.3 Å². The van der Waals surface area contributed by atoms with Crippen LogP contribution in [0.3, 0.4) is 0 Å². The van der Waals surface area contributed by atoms with Gasteiger partial charge in [-0.1, -0.05) is 38.8 Å². The topological polar surface area (TPSA) is 24.5 Å². The molecule has 1 N–H and O–H groups in total. The highest BCUT2D eigenvalue weighted by atomic mass is 16.5. The highest BCUT2D eigenvalue weighted by Gasteiger charge is 2.11. The molecule has 0 aliphatic carbocycles. The van der Waals surface area contributed by atoms with E-state index in [1.165, 1.54) is 49.9 Å². The fourth-order valence-electron chi connectivity index (χ4n) is 3.08. The Balaban J connectivity index is 1.95. The Bertz CT molecular complexity index is 437. The molecule has 0 spiro atoms. The predicted molar refractivity (Wildman–Crippen MR) is 93.3 cm³/mol. The summed E-state index contributed by atoms with van der Waals surface area (Å²) in [7, 11) is 1.77. The number of hydrogen-bond acceptors (Lipinski definition) is 3. The number of hydrogen-bond donors (Lipinski definition) is 1. The van der Waals surface area contributed by atoms with Gasteiger partial charge in [0.2, 0.25) is 0 Å². The van der Waals surface area contributed by atoms with Crippen molar-refractivity contribution < 1.29 is 4.74 Å². The van der Waals surface area contributed by atoms with Crippen LogP contribution in [0.25, 0.3) is 0 Å². The number of ether oxygens (including phenoxy) is 1. The van der Waals surface area contributed by atoms with Gasteiger partial charge in [0.1, 0.15) is 5.75 Å². The lowest BCUT2D eigenvalue weighted by molar-refractivity contribution is 0.276. The van der Waals surface area contributed by atoms with E-state index in [4.69, 9.17) is 4.74 Å². The number of rotatable bonds is 7. The number of likely N-dealkylation sites (tertiary alicyclic amines) is 1. The van der Waals surface area contributed by atoms with Gasteiger partial charge < -0.3 is 10.1 Å². The smallest absolute Gasteiger partial charge is 0.123 e. The van der Waals surface area contributed by atoms with Crippen molar-refractivity contribution in [2.75, 3.05) is 26.7 Å². The molecule has 1 fully saturated rings. The standard InChI is InChI=1S/C19H32N2O/c1-16(2)13-20-14-18-9-8-17(12-19(18)22-3)15-21-10-6-4-5-7-11-21/h8-9,12,16,20H,4-7,10-11,13-15H2,1-3H3. The SMILES string of the molecule is COc1cc(CN2CCCCCC2)ccc1CNCC(C)C. The molecule has 3 heteroatoms. The van der Waals surface area contributed by atoms with Gasteiger partial charge in [0.25, 0.3) is 0 Å². The average Bonchev–Trinajstić information content (AvgIpc) is 2.76. The normalized spacial score (nSPS) is 16.7. The average molecular weight is 304 g/mol. The molecule has 124 valence electrons. The zero-order valence-corrected chi connectivity index (χ0v) is 14.5. The van der Waals surface area contributed by atoms with Crippen molar-refractivity contribution >= 4 is 0 Å². The Kier molecular flexibility index (Phi) is 7.20. The van der Waals surface area contributed by atoms with Crippen molar-refractivity contribution in [1.82, 2.24) is 10.2 Å². The van der Waals surface area contributed by atoms with Gasteiger partial charge in [-0.3, -0.25) is 4.90 Å². The molecular weight excluding hydrogens is 272 g/mol. The van der Waals surface area contributed by atoms with Crippen LogP contribution in [0.2, 0.25) is 0 Å². The second-order valence-electron chi connectivity index (χ2n) is 6.86. The second kappa shape index (κ2) is 9.16. The maximum Gasteiger partial charge on any atom is 0.123 e. The minimum atomic E-state index is 0.674. The number of nitrogens with zero attached hydrogens (tertiary/aromatic N) is 1. The van der Waals surface area contributed by atoms with Gasteiger partial charge in [-0.05, 0) is 50.0 Å². The van der Waals surface area contributed by atoms with Crippen molar-refractivity contribution in [3.05, 3.63) is 29.3 Å². The maximum absolute atomic E-state index is 5.60. The van der Waals surface area contributed by atoms with Crippen LogP contribution in [0, 0.1) is 5.92 Å². The van der Waals surface area contributed by atoms with Crippen LogP contribution in [0.15, 0.2) is 18.2 Å². The first-order valence-corrected chi connectivity index (χ1v) is 8.78. The largest absolute Gasteiger partial charge is 0.496 e. The molecule has 1 saturated heterocycles. The third-order valence-electron chi connectivity index (χ3n) is 4.32. The van der Waals surface area contributed by atoms with Crippen molar-refractivity contribution in [3.8, 4) is 5.75 Å². The molecule has 0 bridgehead atoms. The van der Waals surface area contributed by atoms with Gasteiger partial charge in [0.15, 0.2) is 0 Å². The molecule has 1 heterocycles. The molecule has 0 unspecified atom stereocenters. The third-order valence-corrected chi connectivity index (χ3v) is 4.32. The summed E-state index contributed by atoms with van der Waals surface area (Å²) >= 11 is 0. The zero-order chi connectivity index (χ0) is 15.8. The lowest BCUT2D eigenvalue weighted by Crippen LogP contribution is -2.24. The van der Waals surface area contributed by atoms with Gasteiger partial charge in [-0.2, -0.15) is 0 Å². The van der Waals surface area contributed by atoms with Crippen molar-refractivity contribution in [1.29, 1.82) is 0 Å². The lowest BCUT2D eigenvalue weighted by atomic mass is 10.1. The summed E-state index contributed by atoms with van der Waals surface area (Å²) in [5.41, 5.74) is 2.62. The lowest BCUT2D eigenvalue weighted by Gasteiger charge is -2.20. The molecule has 1 aliphatic rings. The van der Waals surface area contributed by atoms with Gasteiger partial charge in [0.05, 0.1) is 7.11 Å². The van der Waals surface area contributed by atoms with Gasteiger partial charge in [-0.25, -0.2) is 0 Å². The van der Waals surface area contributed by atoms with Crippen LogP contribution in [0.5, 0.6) is 5.75 Å². The van der Waals surface area contributed by atoms with Crippen molar-refractivity contribution in [3.63, 3.8) is 0 Å². The molecule has 1 aliphatic heterocycles. The molecule has 0 amide bonds. The Labute approximate surface area is 136 Å². The van der Waals surface area contributed by atoms with Gasteiger partial charge >= 0.3 is 0 Å². The highest BCUT2D eigenvalue weighted by molar-refractivity contribution is 5.37. The summed E-state index contributed by atoms with van der Waals surface area (Å²) in [4.78, 5) is 2.58. The van der Waals surface area contributed by atoms with E-state index in [-0.39, 0.29) is 0 Å². The minimum Gasteiger partial charge on any atom is -0.496 e. The first-order chi connectivity index (χ1) is 10.7. The predicted octanol–water partition coefficient (Wildman–Crippen LogP) is 3.82. The molecule has 1 aromatic carbocycles. The summed E-state index contributed by atoms with van der Waals surface area (Å²) in [5, 5.41) is 3.49. The molecule has 2 rings (SSSR count). The van der Waals surface area contributed by atoms with E-state index >= 15 is 0 Å². The Morgan fingerprint density at radius 1 is 1.14 bits per heavy atom. The van der Waals surface area contributed by atoms with Crippen LogP contribution >= 0.6 is 0 Å². The van der Waals surface area contributed by atoms with E-state index < -0.39 is 0 Å². The minimum absolute atomic E-state index is 0.674. The first-order valence-electron chi connectivity index (χ1n) is 8.78. The monoisotopic (exact) mass is 304 g/mol. The van der Waals surface area contributed by atoms with Crippen LogP contribution in [-0.4, -0.2) is 31.6 Å². The quantitative estimate of drug-likeness (QED) is 0.829. The summed E-state index contributed by atoms with van der Waals surface area (Å²) in [5.74, 6) is 1.69. The van der Waals surface area contributed by atoms with Crippen molar-refractivity contribution in [2.45, 2.75) is 52.6 Å². The van der Waals surface area contributed by atoms with E-state index in [0.29, 0.717) is 5.92 Å². The second-order valence-corrected chi connectivity index (χ2v) is 6.86. The molecule has 3 nitrogen and oxygen atoms in total. The highest BCUT2D eigenvalue weighted by Crippen LogP contribution is 2.22. The van der Waals surface area contributed by atoms with Gasteiger partial charge in [-0.15, -0.1) is 0 Å². The Hall–Kier alpha value is -1.06. The molecule has 22 heavy (non-hydrogen) atoms. The Morgan fingerprint density at radius 3 is 2.50 bits per heavy atom. The van der Waals surface area contributed by atoms with E-state index in [9.17, 15) is 0 Å². The molecule has 0 saturated carbocycles. The number of nitrogens with one attached hydrogen (secondary N) is 1. The fourth-order valence-corrected chi connectivity index (χ4v) is 3.08. The van der Waals surface area contributed by atoms with Crippen LogP contribution < -0.4 is 10.1 Å². The Morgan fingerprint density at radius 2 is 1.86 bits per heavy atom. The molecular formula is C19H32N2O. The van der Waals surface area contributed by atoms with Crippen LogP contribution in [0.4, 0.5) is 0 Å². The van der Waals surface area contributed by atoms with E-state index in [1.807, 2.05) is 0 Å². The summed E-state index contributed by atoms with van der Waals surface area (Å²) < 4.78 is 5.60. The number of benzene rings is 1. The van der Waals surface area contributed by atoms with Crippen molar-refractivity contribution in [2.24, 2.45) is 5.92 Å². The van der Waals surface area contributed by atoms with Crippen LogP contribution in [0.1, 0.15) is 50.7 Å². The maximum atomic E-state index is 5.60. The van der Waals surface area contributed by atoms with Crippen LogP contribution in [-0.2, 0) is 13.1 Å². The molecule has 1 aromatic rings. The summed E-state index contributed by atoms with van der Waals surface area (Å²) in [6.45, 7) is 9.91. The summed E-state index contributed by atoms with van der Waals surface area (Å²) in [6.07, 6.45) is 5.46. The van der Waals surface area contributed by atoms with E-state index in [0.717, 1.165) is 25.4 Å². The third kappa shape index (κ3) is 5.62. The first kappa shape index (κ1) is 17.3. The summed E-state index contributed by atoms with van der Waals surface area (Å²) in [6, 6.07) is 6.70. The zero-order valence-electron chi connectivity index (χ0n) is 14.5. The molecule has 0 radical (unpaired) electrons. The van der Waals surface area contributed by atoms with Gasteiger partial charge in [0, 0.05) is 18.7 Å². The molecule has 0 aromatic heterocycles. The number of methoxy groups -OCH3 is 1. The van der Waals surface area contributed by atoms with E-state index in [1.54, 1.807) is 7.11 Å². The molecule has 0 atom stereocenters.